The minimum Gasteiger partial charge on any atom is -0.493 e. The van der Waals surface area contributed by atoms with Crippen LogP contribution in [-0.4, -0.2) is 30.5 Å². The maximum Gasteiger partial charge on any atom is 0.246 e. The minimum atomic E-state index is 0.0779. The number of carbonyl (C=O) groups excluding carboxylic acids is 1. The van der Waals surface area contributed by atoms with Gasteiger partial charge >= 0.3 is 0 Å². The van der Waals surface area contributed by atoms with Gasteiger partial charge in [-0.1, -0.05) is 28.1 Å². The van der Waals surface area contributed by atoms with Crippen molar-refractivity contribution in [3.8, 4) is 16.9 Å². The van der Waals surface area contributed by atoms with Crippen LogP contribution in [0.2, 0.25) is 0 Å². The van der Waals surface area contributed by atoms with Crippen LogP contribution < -0.4 is 4.74 Å². The van der Waals surface area contributed by atoms with E-state index >= 15 is 0 Å². The molecule has 0 saturated carbocycles. The molecular weight excluding hydrogens is 442 g/mol. The van der Waals surface area contributed by atoms with E-state index in [4.69, 9.17) is 9.15 Å². The molecule has 30 heavy (non-hydrogen) atoms. The number of rotatable bonds is 5. The molecule has 1 aliphatic rings. The van der Waals surface area contributed by atoms with Crippen LogP contribution in [0.25, 0.3) is 27.7 Å². The number of hydrogen-bond donors (Lipinski definition) is 0. The molecule has 2 aromatic carbocycles. The fourth-order valence-corrected chi connectivity index (χ4v) is 4.39. The molecule has 1 fully saturated rings. The SMILES string of the molecule is CCOc1cc2occ(-c3cccc(Br)c3)c2cc1/C(C)=C/C(=O)N1CCCCC1. The number of ether oxygens (including phenoxy) is 1. The second-order valence-corrected chi connectivity index (χ2v) is 8.57. The second kappa shape index (κ2) is 9.09. The fourth-order valence-electron chi connectivity index (χ4n) is 3.99. The zero-order valence-corrected chi connectivity index (χ0v) is 19.0. The van der Waals surface area contributed by atoms with Gasteiger partial charge in [0.1, 0.15) is 11.3 Å². The van der Waals surface area contributed by atoms with Gasteiger partial charge in [0.25, 0.3) is 0 Å². The molecule has 0 radical (unpaired) electrons. The van der Waals surface area contributed by atoms with E-state index in [2.05, 4.69) is 34.1 Å². The van der Waals surface area contributed by atoms with Crippen LogP contribution in [0.5, 0.6) is 5.75 Å². The Labute approximate surface area is 185 Å². The van der Waals surface area contributed by atoms with Crippen LogP contribution >= 0.6 is 15.9 Å². The zero-order chi connectivity index (χ0) is 21.1. The standard InChI is InChI=1S/C25H26BrNO3/c1-3-29-23-15-24-21(22(16-30-24)18-8-7-9-19(26)13-18)14-20(23)17(2)12-25(28)27-10-5-4-6-11-27/h7-9,12-16H,3-6,10-11H2,1-2H3/b17-12+. The number of hydrogen-bond acceptors (Lipinski definition) is 3. The van der Waals surface area contributed by atoms with Gasteiger partial charge in [-0.25, -0.2) is 0 Å². The lowest BCUT2D eigenvalue weighted by Gasteiger charge is -2.25. The van der Waals surface area contributed by atoms with Crippen LogP contribution in [0.15, 0.2) is 57.6 Å². The van der Waals surface area contributed by atoms with Gasteiger partial charge in [-0.2, -0.15) is 0 Å². The maximum atomic E-state index is 12.8. The van der Waals surface area contributed by atoms with E-state index in [0.717, 1.165) is 69.4 Å². The largest absolute Gasteiger partial charge is 0.493 e. The van der Waals surface area contributed by atoms with Gasteiger partial charge in [0.2, 0.25) is 5.91 Å². The number of halogens is 1. The third kappa shape index (κ3) is 4.31. The van der Waals surface area contributed by atoms with E-state index < -0.39 is 0 Å². The van der Waals surface area contributed by atoms with Gasteiger partial charge in [0, 0.05) is 46.2 Å². The molecule has 0 atom stereocenters. The number of fused-ring (bicyclic) bond motifs is 1. The van der Waals surface area contributed by atoms with Gasteiger partial charge < -0.3 is 14.1 Å². The first-order chi connectivity index (χ1) is 14.6. The van der Waals surface area contributed by atoms with E-state index in [1.807, 2.05) is 36.9 Å². The van der Waals surface area contributed by atoms with Crippen molar-refractivity contribution in [2.75, 3.05) is 19.7 Å². The molecule has 156 valence electrons. The Morgan fingerprint density at radius 3 is 2.73 bits per heavy atom. The summed E-state index contributed by atoms with van der Waals surface area (Å²) in [6.07, 6.45) is 6.90. The second-order valence-electron chi connectivity index (χ2n) is 7.65. The van der Waals surface area contributed by atoms with Crippen molar-refractivity contribution < 1.29 is 13.9 Å². The fraction of sp³-hybridized carbons (Fsp3) is 0.320. The summed E-state index contributed by atoms with van der Waals surface area (Å²) in [6, 6.07) is 12.2. The van der Waals surface area contributed by atoms with Crippen molar-refractivity contribution in [1.82, 2.24) is 4.90 Å². The minimum absolute atomic E-state index is 0.0779. The lowest BCUT2D eigenvalue weighted by Crippen LogP contribution is -2.34. The summed E-state index contributed by atoms with van der Waals surface area (Å²) < 4.78 is 12.8. The number of nitrogens with zero attached hydrogens (tertiary/aromatic N) is 1. The Balaban J connectivity index is 1.76. The summed E-state index contributed by atoms with van der Waals surface area (Å²) in [5.41, 5.74) is 4.69. The molecule has 0 unspecified atom stereocenters. The number of amides is 1. The van der Waals surface area contributed by atoms with Crippen molar-refractivity contribution in [2.24, 2.45) is 0 Å². The molecule has 0 aliphatic carbocycles. The molecule has 0 spiro atoms. The molecule has 1 aromatic heterocycles. The smallest absolute Gasteiger partial charge is 0.246 e. The predicted octanol–water partition coefficient (Wildman–Crippen LogP) is 6.68. The highest BCUT2D eigenvalue weighted by molar-refractivity contribution is 9.10. The molecule has 2 heterocycles. The number of carbonyl (C=O) groups is 1. The third-order valence-electron chi connectivity index (χ3n) is 5.54. The molecular formula is C25H26BrNO3. The highest BCUT2D eigenvalue weighted by Gasteiger charge is 2.18. The highest BCUT2D eigenvalue weighted by Crippen LogP contribution is 2.38. The number of allylic oxidation sites excluding steroid dienone is 1. The van der Waals surface area contributed by atoms with Gasteiger partial charge in [0.15, 0.2) is 0 Å². The molecule has 4 rings (SSSR count). The zero-order valence-electron chi connectivity index (χ0n) is 17.4. The van der Waals surface area contributed by atoms with E-state index in [1.165, 1.54) is 6.42 Å². The monoisotopic (exact) mass is 467 g/mol. The molecule has 4 nitrogen and oxygen atoms in total. The topological polar surface area (TPSA) is 42.7 Å². The molecule has 0 bridgehead atoms. The van der Waals surface area contributed by atoms with Crippen molar-refractivity contribution in [1.29, 1.82) is 0 Å². The van der Waals surface area contributed by atoms with E-state index in [-0.39, 0.29) is 5.91 Å². The lowest BCUT2D eigenvalue weighted by molar-refractivity contribution is -0.126. The number of piperidine rings is 1. The van der Waals surface area contributed by atoms with Crippen molar-refractivity contribution >= 4 is 38.4 Å². The van der Waals surface area contributed by atoms with Gasteiger partial charge in [-0.05, 0) is 62.4 Å². The van der Waals surface area contributed by atoms with Crippen molar-refractivity contribution in [2.45, 2.75) is 33.1 Å². The van der Waals surface area contributed by atoms with E-state index in [1.54, 1.807) is 12.3 Å². The van der Waals surface area contributed by atoms with Crippen LogP contribution in [0.4, 0.5) is 0 Å². The van der Waals surface area contributed by atoms with Crippen LogP contribution in [0.1, 0.15) is 38.7 Å². The molecule has 1 amide bonds. The lowest BCUT2D eigenvalue weighted by atomic mass is 9.99. The molecule has 1 saturated heterocycles. The van der Waals surface area contributed by atoms with Gasteiger partial charge in [0.05, 0.1) is 12.9 Å². The van der Waals surface area contributed by atoms with Gasteiger partial charge in [-0.15, -0.1) is 0 Å². The summed E-state index contributed by atoms with van der Waals surface area (Å²) in [6.45, 7) is 6.17. The first-order valence-electron chi connectivity index (χ1n) is 10.5. The maximum absolute atomic E-state index is 12.8. The van der Waals surface area contributed by atoms with Crippen molar-refractivity contribution in [3.63, 3.8) is 0 Å². The molecule has 3 aromatic rings. The number of likely N-dealkylation sites (tertiary alicyclic amines) is 1. The molecule has 0 N–H and O–H groups in total. The van der Waals surface area contributed by atoms with Crippen LogP contribution in [-0.2, 0) is 4.79 Å². The highest BCUT2D eigenvalue weighted by atomic mass is 79.9. The summed E-state index contributed by atoms with van der Waals surface area (Å²) in [7, 11) is 0. The van der Waals surface area contributed by atoms with Crippen LogP contribution in [0, 0.1) is 0 Å². The van der Waals surface area contributed by atoms with Crippen molar-refractivity contribution in [3.05, 3.63) is 58.8 Å². The first kappa shape index (κ1) is 20.7. The first-order valence-corrected chi connectivity index (χ1v) is 11.3. The average molecular weight is 468 g/mol. The quantitative estimate of drug-likeness (QED) is 0.393. The summed E-state index contributed by atoms with van der Waals surface area (Å²) in [5, 5.41) is 1.00. The summed E-state index contributed by atoms with van der Waals surface area (Å²) >= 11 is 3.54. The molecule has 5 heteroatoms. The van der Waals surface area contributed by atoms with E-state index in [0.29, 0.717) is 6.61 Å². The molecule has 1 aliphatic heterocycles. The Morgan fingerprint density at radius 2 is 2.00 bits per heavy atom. The summed E-state index contributed by atoms with van der Waals surface area (Å²) in [5.74, 6) is 0.814. The van der Waals surface area contributed by atoms with E-state index in [9.17, 15) is 4.79 Å². The Morgan fingerprint density at radius 1 is 1.20 bits per heavy atom. The number of benzene rings is 2. The Kier molecular flexibility index (Phi) is 6.28. The third-order valence-corrected chi connectivity index (χ3v) is 6.04. The Bertz CT molecular complexity index is 1090. The average Bonchev–Trinajstić information content (AvgIpc) is 3.17. The Hall–Kier alpha value is -2.53. The van der Waals surface area contributed by atoms with Crippen LogP contribution in [0.3, 0.4) is 0 Å². The van der Waals surface area contributed by atoms with Gasteiger partial charge in [-0.3, -0.25) is 4.79 Å². The summed E-state index contributed by atoms with van der Waals surface area (Å²) in [4.78, 5) is 14.7. The predicted molar refractivity (Wildman–Crippen MR) is 125 cm³/mol. The number of furan rings is 1. The normalized spacial score (nSPS) is 14.9.